The summed E-state index contributed by atoms with van der Waals surface area (Å²) < 4.78 is 11.7. The van der Waals surface area contributed by atoms with Gasteiger partial charge in [-0.05, 0) is 65.6 Å². The van der Waals surface area contributed by atoms with Crippen molar-refractivity contribution in [1.29, 1.82) is 0 Å². The molecule has 0 fully saturated rings. The van der Waals surface area contributed by atoms with Crippen molar-refractivity contribution in [2.45, 2.75) is 26.7 Å². The van der Waals surface area contributed by atoms with Crippen LogP contribution < -0.4 is 15.2 Å². The van der Waals surface area contributed by atoms with Crippen LogP contribution in [0.25, 0.3) is 6.08 Å². The number of nitrogens with zero attached hydrogens (tertiary/aromatic N) is 1. The average Bonchev–Trinajstić information content (AvgIpc) is 2.97. The molecule has 7 heteroatoms. The van der Waals surface area contributed by atoms with Gasteiger partial charge in [0.05, 0.1) is 9.93 Å². The molecule has 1 aliphatic rings. The number of carbonyl (C=O) groups is 1. The number of aryl methyl sites for hydroxylation is 1. The molecule has 1 aliphatic heterocycles. The number of benzene rings is 2. The normalized spacial score (nSPS) is 15.1. The molecule has 0 unspecified atom stereocenters. The molecule has 0 atom stereocenters. The van der Waals surface area contributed by atoms with Crippen LogP contribution in [-0.2, 0) is 4.79 Å². The van der Waals surface area contributed by atoms with Crippen molar-refractivity contribution in [3.05, 3.63) is 63.0 Å². The lowest BCUT2D eigenvalue weighted by Crippen LogP contribution is -2.10. The summed E-state index contributed by atoms with van der Waals surface area (Å²) in [7, 11) is 0. The van der Waals surface area contributed by atoms with Gasteiger partial charge in [-0.3, -0.25) is 4.79 Å². The highest BCUT2D eigenvalue weighted by Crippen LogP contribution is 2.31. The second-order valence-electron chi connectivity index (χ2n) is 6.95. The van der Waals surface area contributed by atoms with Crippen LogP contribution in [0.2, 0.25) is 5.02 Å². The number of amidine groups is 1. The molecule has 0 aliphatic carbocycles. The molecule has 0 aromatic heterocycles. The number of hydrogen-bond donors (Lipinski definition) is 1. The Morgan fingerprint density at radius 2 is 1.86 bits per heavy atom. The minimum Gasteiger partial charge on any atom is -0.490 e. The van der Waals surface area contributed by atoms with E-state index in [1.54, 1.807) is 18.2 Å². The van der Waals surface area contributed by atoms with E-state index in [0.717, 1.165) is 28.6 Å². The number of rotatable bonds is 7. The summed E-state index contributed by atoms with van der Waals surface area (Å²) in [5.41, 5.74) is 8.67. The smallest absolute Gasteiger partial charge is 0.286 e. The summed E-state index contributed by atoms with van der Waals surface area (Å²) in [5.74, 6) is 1.50. The fourth-order valence-electron chi connectivity index (χ4n) is 2.85. The molecular formula is C22H23ClN2O3S. The molecule has 3 rings (SSSR count). The number of ether oxygens (including phenoxy) is 2. The van der Waals surface area contributed by atoms with Crippen LogP contribution in [0.15, 0.2) is 46.3 Å². The molecule has 0 saturated heterocycles. The Morgan fingerprint density at radius 1 is 1.14 bits per heavy atom. The van der Waals surface area contributed by atoms with Crippen molar-refractivity contribution in [1.82, 2.24) is 0 Å². The van der Waals surface area contributed by atoms with Gasteiger partial charge >= 0.3 is 0 Å². The first-order chi connectivity index (χ1) is 13.8. The third kappa shape index (κ3) is 5.55. The molecule has 2 N–H and O–H groups in total. The summed E-state index contributed by atoms with van der Waals surface area (Å²) in [5, 5.41) is 0.712. The van der Waals surface area contributed by atoms with Crippen molar-refractivity contribution in [3.8, 4) is 11.5 Å². The monoisotopic (exact) mass is 430 g/mol. The van der Waals surface area contributed by atoms with Gasteiger partial charge < -0.3 is 15.2 Å². The van der Waals surface area contributed by atoms with Gasteiger partial charge in [0.25, 0.3) is 5.91 Å². The Bertz CT molecular complexity index is 986. The van der Waals surface area contributed by atoms with Gasteiger partial charge in [0.15, 0.2) is 5.17 Å². The van der Waals surface area contributed by atoms with Crippen molar-refractivity contribution < 1.29 is 14.3 Å². The molecule has 2 aromatic rings. The van der Waals surface area contributed by atoms with Crippen molar-refractivity contribution >= 4 is 40.5 Å². The summed E-state index contributed by atoms with van der Waals surface area (Å²) in [4.78, 5) is 15.8. The fraction of sp³-hybridized carbons (Fsp3) is 0.273. The fourth-order valence-corrected chi connectivity index (χ4v) is 3.77. The Balaban J connectivity index is 1.58. The van der Waals surface area contributed by atoms with E-state index in [1.165, 1.54) is 5.56 Å². The first-order valence-electron chi connectivity index (χ1n) is 9.27. The number of carbonyl (C=O) groups excluding carboxylic acids is 1. The van der Waals surface area contributed by atoms with E-state index in [0.29, 0.717) is 34.8 Å². The van der Waals surface area contributed by atoms with Crippen LogP contribution >= 0.6 is 23.4 Å². The first kappa shape index (κ1) is 21.3. The standard InChI is InChI=1S/C22H23ClN2O3S/c1-13(2)16-6-4-14(3)10-19(16)28-9-8-27-18-7-5-15(11-17(18)23)12-20-21(26)25-22(24)29-20/h4-7,10-13H,8-9H2,1-3H3,(H2,24,25,26)/b20-12-. The second kappa shape index (κ2) is 9.37. The quantitative estimate of drug-likeness (QED) is 0.485. The van der Waals surface area contributed by atoms with Gasteiger partial charge in [0.1, 0.15) is 24.7 Å². The summed E-state index contributed by atoms with van der Waals surface area (Å²) in [6.07, 6.45) is 1.71. The molecule has 5 nitrogen and oxygen atoms in total. The van der Waals surface area contributed by atoms with E-state index in [4.69, 9.17) is 26.8 Å². The lowest BCUT2D eigenvalue weighted by molar-refractivity contribution is -0.113. The summed E-state index contributed by atoms with van der Waals surface area (Å²) in [6, 6.07) is 11.6. The molecule has 0 saturated carbocycles. The predicted octanol–water partition coefficient (Wildman–Crippen LogP) is 5.16. The maximum atomic E-state index is 11.7. The lowest BCUT2D eigenvalue weighted by Gasteiger charge is -2.15. The number of thioether (sulfide) groups is 1. The van der Waals surface area contributed by atoms with Crippen LogP contribution in [0.3, 0.4) is 0 Å². The van der Waals surface area contributed by atoms with Crippen LogP contribution in [-0.4, -0.2) is 24.3 Å². The number of hydrogen-bond acceptors (Lipinski definition) is 5. The highest BCUT2D eigenvalue weighted by atomic mass is 35.5. The molecule has 152 valence electrons. The molecule has 0 spiro atoms. The van der Waals surface area contributed by atoms with Gasteiger partial charge in [-0.1, -0.05) is 43.6 Å². The average molecular weight is 431 g/mol. The van der Waals surface area contributed by atoms with Crippen molar-refractivity contribution in [2.24, 2.45) is 10.7 Å². The minimum atomic E-state index is -0.335. The van der Waals surface area contributed by atoms with E-state index in [-0.39, 0.29) is 11.1 Å². The van der Waals surface area contributed by atoms with Crippen LogP contribution in [0.1, 0.15) is 36.5 Å². The molecule has 1 heterocycles. The Hall–Kier alpha value is -2.44. The van der Waals surface area contributed by atoms with E-state index >= 15 is 0 Å². The van der Waals surface area contributed by atoms with E-state index < -0.39 is 0 Å². The van der Waals surface area contributed by atoms with Gasteiger partial charge in [0.2, 0.25) is 0 Å². The second-order valence-corrected chi connectivity index (χ2v) is 8.42. The van der Waals surface area contributed by atoms with E-state index in [2.05, 4.69) is 31.0 Å². The van der Waals surface area contributed by atoms with Crippen LogP contribution in [0.5, 0.6) is 11.5 Å². The van der Waals surface area contributed by atoms with Crippen LogP contribution in [0.4, 0.5) is 0 Å². The topological polar surface area (TPSA) is 73.9 Å². The number of aliphatic imine (C=N–C) groups is 1. The van der Waals surface area contributed by atoms with Crippen molar-refractivity contribution in [2.75, 3.05) is 13.2 Å². The highest BCUT2D eigenvalue weighted by Gasteiger charge is 2.19. The Labute approximate surface area is 179 Å². The Kier molecular flexibility index (Phi) is 6.87. The molecule has 0 radical (unpaired) electrons. The number of halogens is 1. The van der Waals surface area contributed by atoms with Crippen molar-refractivity contribution in [3.63, 3.8) is 0 Å². The van der Waals surface area contributed by atoms with E-state index in [1.807, 2.05) is 19.1 Å². The van der Waals surface area contributed by atoms with Gasteiger partial charge in [-0.15, -0.1) is 0 Å². The highest BCUT2D eigenvalue weighted by molar-refractivity contribution is 8.18. The van der Waals surface area contributed by atoms with E-state index in [9.17, 15) is 4.79 Å². The summed E-state index contributed by atoms with van der Waals surface area (Å²) >= 11 is 7.47. The molecule has 2 aromatic carbocycles. The number of nitrogens with two attached hydrogens (primary N) is 1. The Morgan fingerprint density at radius 3 is 2.48 bits per heavy atom. The molecule has 0 bridgehead atoms. The zero-order valence-electron chi connectivity index (χ0n) is 16.6. The molecule has 29 heavy (non-hydrogen) atoms. The lowest BCUT2D eigenvalue weighted by atomic mass is 10.0. The minimum absolute atomic E-state index is 0.251. The maximum Gasteiger partial charge on any atom is 0.286 e. The van der Waals surface area contributed by atoms with Crippen LogP contribution in [0, 0.1) is 6.92 Å². The third-order valence-corrected chi connectivity index (χ3v) is 5.39. The first-order valence-corrected chi connectivity index (χ1v) is 10.5. The molecular weight excluding hydrogens is 408 g/mol. The summed E-state index contributed by atoms with van der Waals surface area (Å²) in [6.45, 7) is 7.10. The van der Waals surface area contributed by atoms with Gasteiger partial charge in [-0.25, -0.2) is 0 Å². The number of amides is 1. The zero-order valence-corrected chi connectivity index (χ0v) is 18.1. The SMILES string of the molecule is Cc1ccc(C(C)C)c(OCCOc2ccc(/C=C3\SC(N)=NC3=O)cc2Cl)c1. The zero-order chi connectivity index (χ0) is 21.0. The third-order valence-electron chi connectivity index (χ3n) is 4.28. The molecule has 1 amide bonds. The van der Waals surface area contributed by atoms with Gasteiger partial charge in [-0.2, -0.15) is 4.99 Å². The van der Waals surface area contributed by atoms with Gasteiger partial charge in [0, 0.05) is 0 Å². The maximum absolute atomic E-state index is 11.7. The largest absolute Gasteiger partial charge is 0.490 e. The predicted molar refractivity (Wildman–Crippen MR) is 120 cm³/mol.